The van der Waals surface area contributed by atoms with E-state index in [1.54, 1.807) is 0 Å². The Morgan fingerprint density at radius 2 is 2.17 bits per heavy atom. The van der Waals surface area contributed by atoms with E-state index in [1.807, 2.05) is 11.9 Å². The number of ether oxygens (including phenoxy) is 1. The monoisotopic (exact) mass is 252 g/mol. The third-order valence-electron chi connectivity index (χ3n) is 4.86. The Morgan fingerprint density at radius 1 is 1.33 bits per heavy atom. The fourth-order valence-electron chi connectivity index (χ4n) is 3.57. The molecule has 2 atom stereocenters. The number of piperidine rings is 1. The molecule has 1 N–H and O–H groups in total. The number of carbonyl (C=O) groups excluding carboxylic acids is 1. The summed E-state index contributed by atoms with van der Waals surface area (Å²) in [6.45, 7) is 1.77. The fourth-order valence-corrected chi connectivity index (χ4v) is 3.57. The summed E-state index contributed by atoms with van der Waals surface area (Å²) in [6, 6.07) is 1.07. The van der Waals surface area contributed by atoms with Crippen LogP contribution in [0.15, 0.2) is 0 Å². The number of rotatable bonds is 2. The Kier molecular flexibility index (Phi) is 3.32. The molecule has 3 rings (SSSR count). The smallest absolute Gasteiger partial charge is 0.222 e. The zero-order valence-corrected chi connectivity index (χ0v) is 11.3. The van der Waals surface area contributed by atoms with Gasteiger partial charge in [-0.05, 0) is 38.5 Å². The first-order valence-electron chi connectivity index (χ1n) is 7.31. The molecule has 4 nitrogen and oxygen atoms in total. The van der Waals surface area contributed by atoms with Crippen molar-refractivity contribution < 1.29 is 9.53 Å². The summed E-state index contributed by atoms with van der Waals surface area (Å²) in [6.07, 6.45) is 7.79. The molecule has 1 spiro atoms. The maximum atomic E-state index is 11.5. The molecule has 2 saturated heterocycles. The lowest BCUT2D eigenvalue weighted by Gasteiger charge is -2.48. The summed E-state index contributed by atoms with van der Waals surface area (Å²) in [5.74, 6) is 0.287. The number of likely N-dealkylation sites (N-methyl/N-ethyl adjacent to an activating group) is 1. The minimum atomic E-state index is 0.215. The van der Waals surface area contributed by atoms with Gasteiger partial charge in [-0.2, -0.15) is 0 Å². The fraction of sp³-hybridized carbons (Fsp3) is 0.929. The predicted molar refractivity (Wildman–Crippen MR) is 69.4 cm³/mol. The van der Waals surface area contributed by atoms with E-state index >= 15 is 0 Å². The van der Waals surface area contributed by atoms with Crippen LogP contribution in [0.1, 0.15) is 44.9 Å². The van der Waals surface area contributed by atoms with Crippen molar-refractivity contribution in [3.8, 4) is 0 Å². The van der Waals surface area contributed by atoms with Crippen molar-refractivity contribution in [2.75, 3.05) is 20.2 Å². The van der Waals surface area contributed by atoms with Gasteiger partial charge in [-0.3, -0.25) is 4.79 Å². The Labute approximate surface area is 109 Å². The molecule has 1 saturated carbocycles. The average Bonchev–Trinajstić information content (AvgIpc) is 2.32. The van der Waals surface area contributed by atoms with Gasteiger partial charge in [0.1, 0.15) is 0 Å². The van der Waals surface area contributed by atoms with Gasteiger partial charge in [0.2, 0.25) is 5.91 Å². The lowest BCUT2D eigenvalue weighted by molar-refractivity contribution is -0.139. The topological polar surface area (TPSA) is 41.6 Å². The van der Waals surface area contributed by atoms with Crippen molar-refractivity contribution in [1.29, 1.82) is 0 Å². The lowest BCUT2D eigenvalue weighted by Crippen LogP contribution is -2.55. The highest BCUT2D eigenvalue weighted by Gasteiger charge is 2.43. The second kappa shape index (κ2) is 4.82. The van der Waals surface area contributed by atoms with E-state index in [4.69, 9.17) is 4.74 Å². The van der Waals surface area contributed by atoms with Crippen LogP contribution in [0.2, 0.25) is 0 Å². The van der Waals surface area contributed by atoms with Crippen molar-refractivity contribution >= 4 is 5.91 Å². The van der Waals surface area contributed by atoms with Crippen LogP contribution in [0.25, 0.3) is 0 Å². The minimum absolute atomic E-state index is 0.215. The van der Waals surface area contributed by atoms with Gasteiger partial charge in [-0.25, -0.2) is 0 Å². The van der Waals surface area contributed by atoms with Crippen LogP contribution < -0.4 is 5.32 Å². The normalized spacial score (nSPS) is 35.6. The predicted octanol–water partition coefficient (Wildman–Crippen LogP) is 1.30. The summed E-state index contributed by atoms with van der Waals surface area (Å²) in [7, 11) is 1.91. The first kappa shape index (κ1) is 12.4. The molecule has 3 aliphatic rings. The van der Waals surface area contributed by atoms with E-state index in [1.165, 1.54) is 25.7 Å². The third kappa shape index (κ3) is 2.41. The molecule has 2 aliphatic heterocycles. The molecule has 18 heavy (non-hydrogen) atoms. The van der Waals surface area contributed by atoms with Gasteiger partial charge in [-0.1, -0.05) is 0 Å². The Hall–Kier alpha value is -0.610. The molecule has 2 unspecified atom stereocenters. The first-order chi connectivity index (χ1) is 8.67. The van der Waals surface area contributed by atoms with Crippen LogP contribution in [-0.4, -0.2) is 48.7 Å². The van der Waals surface area contributed by atoms with Crippen LogP contribution in [0.3, 0.4) is 0 Å². The largest absolute Gasteiger partial charge is 0.375 e. The zero-order valence-electron chi connectivity index (χ0n) is 11.3. The Morgan fingerprint density at radius 3 is 2.83 bits per heavy atom. The number of amides is 1. The van der Waals surface area contributed by atoms with Gasteiger partial charge in [0.05, 0.1) is 5.60 Å². The highest BCUT2D eigenvalue weighted by Crippen LogP contribution is 2.42. The summed E-state index contributed by atoms with van der Waals surface area (Å²) < 4.78 is 5.95. The molecule has 102 valence electrons. The molecule has 3 fully saturated rings. The van der Waals surface area contributed by atoms with Gasteiger partial charge in [-0.15, -0.1) is 0 Å². The molecule has 1 amide bonds. The van der Waals surface area contributed by atoms with Gasteiger partial charge in [0.15, 0.2) is 0 Å². The van der Waals surface area contributed by atoms with Crippen molar-refractivity contribution in [1.82, 2.24) is 10.2 Å². The zero-order chi connectivity index (χ0) is 12.6. The van der Waals surface area contributed by atoms with Crippen LogP contribution in [-0.2, 0) is 9.53 Å². The highest BCUT2D eigenvalue weighted by atomic mass is 16.5. The maximum absolute atomic E-state index is 11.5. The lowest BCUT2D eigenvalue weighted by atomic mass is 9.74. The molecule has 0 aromatic rings. The van der Waals surface area contributed by atoms with Crippen LogP contribution >= 0.6 is 0 Å². The molecular formula is C14H24N2O2. The second-order valence-electron chi connectivity index (χ2n) is 6.25. The molecule has 0 aromatic carbocycles. The second-order valence-corrected chi connectivity index (χ2v) is 6.25. The van der Waals surface area contributed by atoms with Crippen LogP contribution in [0, 0.1) is 0 Å². The van der Waals surface area contributed by atoms with E-state index in [2.05, 4.69) is 5.32 Å². The molecular weight excluding hydrogens is 228 g/mol. The minimum Gasteiger partial charge on any atom is -0.375 e. The van der Waals surface area contributed by atoms with Gasteiger partial charge in [0.25, 0.3) is 0 Å². The Balaban J connectivity index is 1.51. The molecule has 4 heteroatoms. The number of carbonyl (C=O) groups is 1. The van der Waals surface area contributed by atoms with Crippen LogP contribution in [0.5, 0.6) is 0 Å². The molecule has 1 aliphatic carbocycles. The van der Waals surface area contributed by atoms with E-state index < -0.39 is 0 Å². The summed E-state index contributed by atoms with van der Waals surface area (Å²) >= 11 is 0. The highest BCUT2D eigenvalue weighted by molar-refractivity contribution is 5.76. The molecule has 2 heterocycles. The van der Waals surface area contributed by atoms with Gasteiger partial charge >= 0.3 is 0 Å². The molecule has 0 bridgehead atoms. The van der Waals surface area contributed by atoms with Gasteiger partial charge < -0.3 is 15.0 Å². The van der Waals surface area contributed by atoms with Crippen molar-refractivity contribution in [2.24, 2.45) is 0 Å². The van der Waals surface area contributed by atoms with Crippen LogP contribution in [0.4, 0.5) is 0 Å². The number of hydrogen-bond donors (Lipinski definition) is 1. The average molecular weight is 252 g/mol. The quantitative estimate of drug-likeness (QED) is 0.805. The number of hydrogen-bond acceptors (Lipinski definition) is 3. The Bertz CT molecular complexity index is 328. The molecule has 0 aromatic heterocycles. The van der Waals surface area contributed by atoms with E-state index in [0.29, 0.717) is 18.5 Å². The SMILES string of the molecule is CN1CC(NC2CCOC3(CCC3)C2)CCC1=O. The number of likely N-dealkylation sites (tertiary alicyclic amines) is 1. The van der Waals surface area contributed by atoms with E-state index in [-0.39, 0.29) is 11.5 Å². The number of nitrogens with zero attached hydrogens (tertiary/aromatic N) is 1. The summed E-state index contributed by atoms with van der Waals surface area (Å²) in [5, 5.41) is 3.76. The standard InChI is InChI=1S/C14H24N2O2/c1-16-10-12(3-4-13(16)17)15-11-5-8-18-14(9-11)6-2-7-14/h11-12,15H,2-10H2,1H3. The van der Waals surface area contributed by atoms with Crippen molar-refractivity contribution in [3.05, 3.63) is 0 Å². The molecule has 0 radical (unpaired) electrons. The van der Waals surface area contributed by atoms with Crippen molar-refractivity contribution in [2.45, 2.75) is 62.6 Å². The summed E-state index contributed by atoms with van der Waals surface area (Å²) in [4.78, 5) is 13.3. The first-order valence-corrected chi connectivity index (χ1v) is 7.31. The van der Waals surface area contributed by atoms with E-state index in [0.717, 1.165) is 26.0 Å². The van der Waals surface area contributed by atoms with Gasteiger partial charge in [0, 0.05) is 38.7 Å². The van der Waals surface area contributed by atoms with E-state index in [9.17, 15) is 4.79 Å². The maximum Gasteiger partial charge on any atom is 0.222 e. The third-order valence-corrected chi connectivity index (χ3v) is 4.86. The van der Waals surface area contributed by atoms with Crippen molar-refractivity contribution in [3.63, 3.8) is 0 Å². The summed E-state index contributed by atoms with van der Waals surface area (Å²) in [5.41, 5.74) is 0.215. The number of nitrogens with one attached hydrogen (secondary N) is 1.